The zero-order chi connectivity index (χ0) is 19.3. The number of carbonyl (C=O) groups is 2. The zero-order valence-corrected chi connectivity index (χ0v) is 15.6. The molecule has 1 saturated heterocycles. The monoisotopic (exact) mass is 378 g/mol. The minimum absolute atomic E-state index is 0.0414. The van der Waals surface area contributed by atoms with E-state index in [0.717, 1.165) is 6.42 Å². The molecule has 0 radical (unpaired) electrons. The highest BCUT2D eigenvalue weighted by atomic mass is 19.1. The number of hydrogen-bond acceptors (Lipinski definition) is 2. The van der Waals surface area contributed by atoms with Crippen LogP contribution >= 0.6 is 0 Å². The Kier molecular flexibility index (Phi) is 4.18. The van der Waals surface area contributed by atoms with Crippen LogP contribution in [0.5, 0.6) is 0 Å². The van der Waals surface area contributed by atoms with Crippen LogP contribution in [0, 0.1) is 11.7 Å². The lowest BCUT2D eigenvalue weighted by molar-refractivity contribution is -0.128. The first kappa shape index (κ1) is 17.4. The Morgan fingerprint density at radius 3 is 2.54 bits per heavy atom. The van der Waals surface area contributed by atoms with Gasteiger partial charge in [-0.25, -0.2) is 4.39 Å². The maximum absolute atomic E-state index is 13.9. The van der Waals surface area contributed by atoms with Crippen molar-refractivity contribution in [1.82, 2.24) is 10.2 Å². The quantitative estimate of drug-likeness (QED) is 0.869. The van der Waals surface area contributed by atoms with Gasteiger partial charge >= 0.3 is 0 Å². The molecular formula is C23H23FN2O2. The molecule has 0 spiro atoms. The van der Waals surface area contributed by atoms with Gasteiger partial charge in [0.2, 0.25) is 11.8 Å². The summed E-state index contributed by atoms with van der Waals surface area (Å²) in [5, 5.41) is 3.03. The first-order valence-electron chi connectivity index (χ1n) is 10.0. The molecule has 28 heavy (non-hydrogen) atoms. The Bertz CT molecular complexity index is 916. The van der Waals surface area contributed by atoms with Gasteiger partial charge in [-0.2, -0.15) is 0 Å². The Hall–Kier alpha value is -2.69. The highest BCUT2D eigenvalue weighted by Gasteiger charge is 2.49. The van der Waals surface area contributed by atoms with Crippen LogP contribution < -0.4 is 5.32 Å². The molecule has 3 fully saturated rings. The third-order valence-electron chi connectivity index (χ3n) is 6.32. The normalized spacial score (nSPS) is 31.0. The Morgan fingerprint density at radius 1 is 1.00 bits per heavy atom. The first-order chi connectivity index (χ1) is 13.6. The van der Waals surface area contributed by atoms with Crippen molar-refractivity contribution < 1.29 is 14.0 Å². The zero-order valence-electron chi connectivity index (χ0n) is 15.6. The molecule has 1 N–H and O–H groups in total. The second-order valence-corrected chi connectivity index (χ2v) is 8.25. The fourth-order valence-electron chi connectivity index (χ4n) is 4.65. The van der Waals surface area contributed by atoms with Gasteiger partial charge in [0.15, 0.2) is 0 Å². The summed E-state index contributed by atoms with van der Waals surface area (Å²) in [5.41, 5.74) is 1.90. The topological polar surface area (TPSA) is 49.4 Å². The SMILES string of the molecule is O=C(N[C@@H]1CC(=O)N([C@@H]2C[C@@H]2c2ccccc2)C1)[C@@H]1C[C@@H]1c1ccccc1F. The number of nitrogens with zero attached hydrogens (tertiary/aromatic N) is 1. The fourth-order valence-corrected chi connectivity index (χ4v) is 4.65. The second-order valence-electron chi connectivity index (χ2n) is 8.25. The maximum atomic E-state index is 13.9. The van der Waals surface area contributed by atoms with E-state index in [2.05, 4.69) is 17.4 Å². The molecule has 1 aliphatic heterocycles. The van der Waals surface area contributed by atoms with Crippen molar-refractivity contribution in [3.05, 3.63) is 71.5 Å². The van der Waals surface area contributed by atoms with Gasteiger partial charge in [-0.1, -0.05) is 48.5 Å². The number of likely N-dealkylation sites (tertiary alicyclic amines) is 1. The van der Waals surface area contributed by atoms with E-state index in [1.807, 2.05) is 23.1 Å². The van der Waals surface area contributed by atoms with E-state index < -0.39 is 0 Å². The predicted octanol–water partition coefficient (Wildman–Crippen LogP) is 3.20. The molecule has 1 heterocycles. The first-order valence-corrected chi connectivity index (χ1v) is 10.0. The van der Waals surface area contributed by atoms with E-state index in [-0.39, 0.29) is 41.6 Å². The molecule has 144 valence electrons. The number of carbonyl (C=O) groups excluding carboxylic acids is 2. The largest absolute Gasteiger partial charge is 0.351 e. The van der Waals surface area contributed by atoms with Gasteiger partial charge in [0.05, 0.1) is 6.04 Å². The summed E-state index contributed by atoms with van der Waals surface area (Å²) in [6.07, 6.45) is 2.03. The fraction of sp³-hybridized carbons (Fsp3) is 0.391. The van der Waals surface area contributed by atoms with Gasteiger partial charge < -0.3 is 10.2 Å². The third-order valence-corrected chi connectivity index (χ3v) is 6.32. The van der Waals surface area contributed by atoms with Crippen LogP contribution in [0.1, 0.15) is 42.2 Å². The van der Waals surface area contributed by atoms with Crippen LogP contribution in [0.2, 0.25) is 0 Å². The summed E-state index contributed by atoms with van der Waals surface area (Å²) in [6, 6.07) is 17.1. The lowest BCUT2D eigenvalue weighted by atomic mass is 10.1. The number of rotatable bonds is 5. The summed E-state index contributed by atoms with van der Waals surface area (Å²) in [5.74, 6) is 0.0111. The van der Waals surface area contributed by atoms with Crippen molar-refractivity contribution in [2.75, 3.05) is 6.54 Å². The van der Waals surface area contributed by atoms with Crippen molar-refractivity contribution in [2.24, 2.45) is 5.92 Å². The van der Waals surface area contributed by atoms with Gasteiger partial charge in [-0.3, -0.25) is 9.59 Å². The molecule has 0 unspecified atom stereocenters. The van der Waals surface area contributed by atoms with E-state index in [9.17, 15) is 14.0 Å². The minimum Gasteiger partial charge on any atom is -0.351 e. The summed E-state index contributed by atoms with van der Waals surface area (Å²) in [7, 11) is 0. The van der Waals surface area contributed by atoms with E-state index in [1.54, 1.807) is 18.2 Å². The lowest BCUT2D eigenvalue weighted by Gasteiger charge is -2.17. The molecular weight excluding hydrogens is 355 g/mol. The van der Waals surface area contributed by atoms with Crippen LogP contribution in [-0.2, 0) is 9.59 Å². The van der Waals surface area contributed by atoms with Gasteiger partial charge in [-0.05, 0) is 36.0 Å². The van der Waals surface area contributed by atoms with Gasteiger partial charge in [0.1, 0.15) is 5.82 Å². The highest BCUT2D eigenvalue weighted by molar-refractivity contribution is 5.86. The Labute approximate surface area is 163 Å². The average molecular weight is 378 g/mol. The van der Waals surface area contributed by atoms with Crippen LogP contribution in [0.15, 0.2) is 54.6 Å². The lowest BCUT2D eigenvalue weighted by Crippen LogP contribution is -2.38. The summed E-state index contributed by atoms with van der Waals surface area (Å²) in [4.78, 5) is 27.0. The van der Waals surface area contributed by atoms with E-state index in [0.29, 0.717) is 30.9 Å². The van der Waals surface area contributed by atoms with Crippen molar-refractivity contribution in [3.8, 4) is 0 Å². The summed E-state index contributed by atoms with van der Waals surface area (Å²) >= 11 is 0. The molecule has 2 aromatic carbocycles. The molecule has 2 saturated carbocycles. The number of benzene rings is 2. The minimum atomic E-state index is -0.245. The smallest absolute Gasteiger partial charge is 0.225 e. The van der Waals surface area contributed by atoms with Crippen molar-refractivity contribution in [2.45, 2.75) is 43.2 Å². The Balaban J connectivity index is 1.17. The average Bonchev–Trinajstić information content (AvgIpc) is 3.61. The molecule has 2 aliphatic carbocycles. The van der Waals surface area contributed by atoms with Gasteiger partial charge in [0, 0.05) is 30.8 Å². The van der Waals surface area contributed by atoms with Crippen LogP contribution in [0.25, 0.3) is 0 Å². The van der Waals surface area contributed by atoms with Gasteiger partial charge in [-0.15, -0.1) is 0 Å². The maximum Gasteiger partial charge on any atom is 0.225 e. The predicted molar refractivity (Wildman–Crippen MR) is 103 cm³/mol. The van der Waals surface area contributed by atoms with Crippen LogP contribution in [0.3, 0.4) is 0 Å². The summed E-state index contributed by atoms with van der Waals surface area (Å²) in [6.45, 7) is 0.579. The molecule has 2 aromatic rings. The van der Waals surface area contributed by atoms with Crippen LogP contribution in [0.4, 0.5) is 4.39 Å². The van der Waals surface area contributed by atoms with Crippen molar-refractivity contribution >= 4 is 11.8 Å². The molecule has 4 nitrogen and oxygen atoms in total. The van der Waals surface area contributed by atoms with E-state index in [4.69, 9.17) is 0 Å². The molecule has 5 atom stereocenters. The van der Waals surface area contributed by atoms with Crippen molar-refractivity contribution in [1.29, 1.82) is 0 Å². The number of nitrogens with one attached hydrogen (secondary N) is 1. The van der Waals surface area contributed by atoms with E-state index >= 15 is 0 Å². The molecule has 5 heteroatoms. The molecule has 0 aromatic heterocycles. The highest BCUT2D eigenvalue weighted by Crippen LogP contribution is 2.49. The molecule has 3 aliphatic rings. The number of amides is 2. The third kappa shape index (κ3) is 3.19. The van der Waals surface area contributed by atoms with Crippen molar-refractivity contribution in [3.63, 3.8) is 0 Å². The second kappa shape index (κ2) is 6.73. The van der Waals surface area contributed by atoms with Gasteiger partial charge in [0.25, 0.3) is 0 Å². The molecule has 5 rings (SSSR count). The molecule has 0 bridgehead atoms. The number of halogens is 1. The van der Waals surface area contributed by atoms with E-state index in [1.165, 1.54) is 11.6 Å². The number of hydrogen-bond donors (Lipinski definition) is 1. The van der Waals surface area contributed by atoms with Crippen LogP contribution in [-0.4, -0.2) is 35.3 Å². The molecule has 2 amide bonds. The summed E-state index contributed by atoms with van der Waals surface area (Å²) < 4.78 is 13.9. The Morgan fingerprint density at radius 2 is 1.75 bits per heavy atom. The standard InChI is InChI=1S/C23H23FN2O2/c24-20-9-5-4-8-16(20)18-11-19(18)23(28)25-15-10-22(27)26(13-15)21-12-17(21)14-6-2-1-3-7-14/h1-9,15,17-19,21H,10-13H2,(H,25,28)/t15-,17-,18-,19-,21-/m1/s1.